The number of benzene rings is 1. The predicted molar refractivity (Wildman–Crippen MR) is 139 cm³/mol. The highest BCUT2D eigenvalue weighted by Crippen LogP contribution is 2.33. The standard InChI is InChI=1S/C26H29N5O2S/c1-7-24(32)28-18-9-8-15(4)22(11-18)30-26(33)20-12-23(19-10-16(5)34-17(19)6)29-25-21(20)13-27-31(25)14(2)3/h8-14H,7H2,1-6H3,(H,28,32)(H,30,33). The molecule has 8 heteroatoms. The van der Waals surface area contributed by atoms with Crippen LogP contribution in [0.3, 0.4) is 0 Å². The van der Waals surface area contributed by atoms with Crippen molar-refractivity contribution in [2.45, 2.75) is 54.0 Å². The van der Waals surface area contributed by atoms with Crippen molar-refractivity contribution in [1.29, 1.82) is 0 Å². The number of pyridine rings is 1. The van der Waals surface area contributed by atoms with Crippen LogP contribution in [0.1, 0.15) is 58.9 Å². The molecule has 0 aliphatic heterocycles. The van der Waals surface area contributed by atoms with Crippen LogP contribution in [-0.2, 0) is 4.79 Å². The number of aryl methyl sites for hydroxylation is 3. The second-order valence-corrected chi connectivity index (χ2v) is 10.1. The molecule has 0 spiro atoms. The summed E-state index contributed by atoms with van der Waals surface area (Å²) in [5, 5.41) is 11.1. The van der Waals surface area contributed by atoms with Crippen LogP contribution in [0, 0.1) is 20.8 Å². The topological polar surface area (TPSA) is 88.9 Å². The highest BCUT2D eigenvalue weighted by Gasteiger charge is 2.20. The third kappa shape index (κ3) is 4.59. The van der Waals surface area contributed by atoms with Gasteiger partial charge in [-0.3, -0.25) is 9.59 Å². The molecule has 0 bridgehead atoms. The summed E-state index contributed by atoms with van der Waals surface area (Å²) in [4.78, 5) is 32.6. The Hall–Kier alpha value is -3.52. The Kier molecular flexibility index (Phi) is 6.52. The monoisotopic (exact) mass is 475 g/mol. The quantitative estimate of drug-likeness (QED) is 0.344. The highest BCUT2D eigenvalue weighted by molar-refractivity contribution is 7.12. The summed E-state index contributed by atoms with van der Waals surface area (Å²) >= 11 is 1.71. The van der Waals surface area contributed by atoms with Crippen LogP contribution in [0.2, 0.25) is 0 Å². The number of hydrogen-bond donors (Lipinski definition) is 2. The second kappa shape index (κ2) is 9.38. The summed E-state index contributed by atoms with van der Waals surface area (Å²) in [6.07, 6.45) is 2.09. The number of aromatic nitrogens is 3. The van der Waals surface area contributed by atoms with Crippen molar-refractivity contribution in [3.63, 3.8) is 0 Å². The summed E-state index contributed by atoms with van der Waals surface area (Å²) in [7, 11) is 0. The van der Waals surface area contributed by atoms with E-state index in [2.05, 4.69) is 35.6 Å². The van der Waals surface area contributed by atoms with Gasteiger partial charge < -0.3 is 10.6 Å². The molecule has 2 amide bonds. The maximum atomic E-state index is 13.6. The third-order valence-electron chi connectivity index (χ3n) is 5.71. The molecule has 0 fully saturated rings. The van der Waals surface area contributed by atoms with Gasteiger partial charge in [0.2, 0.25) is 5.91 Å². The molecule has 3 aromatic heterocycles. The van der Waals surface area contributed by atoms with Crippen LogP contribution in [0.15, 0.2) is 36.5 Å². The fourth-order valence-corrected chi connectivity index (χ4v) is 4.81. The van der Waals surface area contributed by atoms with Gasteiger partial charge in [-0.1, -0.05) is 13.0 Å². The van der Waals surface area contributed by atoms with Gasteiger partial charge in [-0.05, 0) is 64.4 Å². The first-order chi connectivity index (χ1) is 16.2. The van der Waals surface area contributed by atoms with E-state index in [0.717, 1.165) is 21.7 Å². The molecule has 0 aliphatic carbocycles. The molecule has 0 saturated carbocycles. The van der Waals surface area contributed by atoms with E-state index in [1.807, 2.05) is 43.7 Å². The van der Waals surface area contributed by atoms with Crippen LogP contribution >= 0.6 is 11.3 Å². The first-order valence-corrected chi connectivity index (χ1v) is 12.2. The van der Waals surface area contributed by atoms with Crippen molar-refractivity contribution in [1.82, 2.24) is 14.8 Å². The molecule has 176 valence electrons. The van der Waals surface area contributed by atoms with E-state index in [9.17, 15) is 9.59 Å². The summed E-state index contributed by atoms with van der Waals surface area (Å²) in [5.41, 5.74) is 5.15. The molecule has 7 nitrogen and oxygen atoms in total. The van der Waals surface area contributed by atoms with Crippen molar-refractivity contribution < 1.29 is 9.59 Å². The van der Waals surface area contributed by atoms with Gasteiger partial charge in [-0.25, -0.2) is 9.67 Å². The Morgan fingerprint density at radius 1 is 1.09 bits per heavy atom. The average molecular weight is 476 g/mol. The lowest BCUT2D eigenvalue weighted by molar-refractivity contribution is -0.115. The third-order valence-corrected chi connectivity index (χ3v) is 6.67. The van der Waals surface area contributed by atoms with E-state index >= 15 is 0 Å². The van der Waals surface area contributed by atoms with Gasteiger partial charge in [-0.15, -0.1) is 11.3 Å². The summed E-state index contributed by atoms with van der Waals surface area (Å²) in [5.74, 6) is -0.326. The van der Waals surface area contributed by atoms with Gasteiger partial charge in [-0.2, -0.15) is 5.10 Å². The molecule has 4 aromatic rings. The van der Waals surface area contributed by atoms with E-state index in [1.54, 1.807) is 30.5 Å². The van der Waals surface area contributed by atoms with Crippen LogP contribution in [0.25, 0.3) is 22.3 Å². The number of thiophene rings is 1. The number of anilines is 2. The van der Waals surface area contributed by atoms with Gasteiger partial charge in [0.05, 0.1) is 22.8 Å². The lowest BCUT2D eigenvalue weighted by Crippen LogP contribution is -2.15. The minimum absolute atomic E-state index is 0.0795. The number of hydrogen-bond acceptors (Lipinski definition) is 5. The van der Waals surface area contributed by atoms with E-state index in [1.165, 1.54) is 4.88 Å². The predicted octanol–water partition coefficient (Wildman–Crippen LogP) is 6.27. The number of amides is 2. The number of rotatable bonds is 6. The van der Waals surface area contributed by atoms with Crippen molar-refractivity contribution in [3.05, 3.63) is 57.4 Å². The second-order valence-electron chi connectivity index (χ2n) is 8.69. The molecule has 2 N–H and O–H groups in total. The van der Waals surface area contributed by atoms with E-state index in [0.29, 0.717) is 34.4 Å². The van der Waals surface area contributed by atoms with Crippen molar-refractivity contribution in [3.8, 4) is 11.3 Å². The number of nitrogens with zero attached hydrogens (tertiary/aromatic N) is 3. The minimum atomic E-state index is -0.247. The zero-order valence-corrected chi connectivity index (χ0v) is 21.1. The highest BCUT2D eigenvalue weighted by atomic mass is 32.1. The molecule has 0 aliphatic rings. The zero-order valence-electron chi connectivity index (χ0n) is 20.3. The molecule has 3 heterocycles. The number of carbonyl (C=O) groups is 2. The van der Waals surface area contributed by atoms with E-state index in [-0.39, 0.29) is 17.9 Å². The normalized spacial score (nSPS) is 11.3. The summed E-state index contributed by atoms with van der Waals surface area (Å²) in [6, 6.07) is 9.54. The Bertz CT molecular complexity index is 1400. The van der Waals surface area contributed by atoms with Crippen molar-refractivity contribution >= 4 is 45.6 Å². The Labute approximate surface area is 203 Å². The Morgan fingerprint density at radius 2 is 1.85 bits per heavy atom. The largest absolute Gasteiger partial charge is 0.326 e. The lowest BCUT2D eigenvalue weighted by atomic mass is 10.1. The van der Waals surface area contributed by atoms with Crippen LogP contribution in [-0.4, -0.2) is 26.6 Å². The van der Waals surface area contributed by atoms with Gasteiger partial charge in [0.25, 0.3) is 5.91 Å². The van der Waals surface area contributed by atoms with Gasteiger partial charge in [0.1, 0.15) is 0 Å². The SMILES string of the molecule is CCC(=O)Nc1ccc(C)c(NC(=O)c2cc(-c3cc(C)sc3C)nc3c2cnn3C(C)C)c1. The summed E-state index contributed by atoms with van der Waals surface area (Å²) < 4.78 is 1.84. The number of nitrogens with one attached hydrogen (secondary N) is 2. The molecule has 0 atom stereocenters. The number of carbonyl (C=O) groups excluding carboxylic acids is 2. The molecule has 0 radical (unpaired) electrons. The van der Waals surface area contributed by atoms with E-state index in [4.69, 9.17) is 4.98 Å². The fraction of sp³-hybridized carbons (Fsp3) is 0.308. The van der Waals surface area contributed by atoms with Crippen molar-refractivity contribution in [2.75, 3.05) is 10.6 Å². The smallest absolute Gasteiger partial charge is 0.256 e. The minimum Gasteiger partial charge on any atom is -0.326 e. The van der Waals surface area contributed by atoms with Gasteiger partial charge in [0, 0.05) is 39.2 Å². The first kappa shape index (κ1) is 23.6. The van der Waals surface area contributed by atoms with Crippen LogP contribution < -0.4 is 10.6 Å². The van der Waals surface area contributed by atoms with E-state index < -0.39 is 0 Å². The maximum Gasteiger partial charge on any atom is 0.256 e. The molecule has 0 saturated heterocycles. The average Bonchev–Trinajstić information content (AvgIpc) is 3.37. The van der Waals surface area contributed by atoms with Gasteiger partial charge >= 0.3 is 0 Å². The summed E-state index contributed by atoms with van der Waals surface area (Å²) in [6.45, 7) is 11.9. The molecular weight excluding hydrogens is 446 g/mol. The number of fused-ring (bicyclic) bond motifs is 1. The van der Waals surface area contributed by atoms with Crippen LogP contribution in [0.5, 0.6) is 0 Å². The molecule has 34 heavy (non-hydrogen) atoms. The lowest BCUT2D eigenvalue weighted by Gasteiger charge is -2.13. The molecule has 4 rings (SSSR count). The zero-order chi connectivity index (χ0) is 24.6. The first-order valence-electron chi connectivity index (χ1n) is 11.4. The van der Waals surface area contributed by atoms with Crippen molar-refractivity contribution in [2.24, 2.45) is 0 Å². The van der Waals surface area contributed by atoms with Crippen LogP contribution in [0.4, 0.5) is 11.4 Å². The van der Waals surface area contributed by atoms with Gasteiger partial charge in [0.15, 0.2) is 5.65 Å². The Morgan fingerprint density at radius 3 is 2.50 bits per heavy atom. The molecule has 0 unspecified atom stereocenters. The fourth-order valence-electron chi connectivity index (χ4n) is 3.88. The Balaban J connectivity index is 1.79. The molecule has 1 aromatic carbocycles. The molecular formula is C26H29N5O2S. The maximum absolute atomic E-state index is 13.6.